The summed E-state index contributed by atoms with van der Waals surface area (Å²) in [6, 6.07) is 0.335. The second-order valence-electron chi connectivity index (χ2n) is 3.55. The number of aromatic nitrogens is 2. The molecule has 1 saturated heterocycles. The minimum Gasteiger partial charge on any atom is -0.478 e. The number of hydrogen-bond acceptors (Lipinski definition) is 4. The molecule has 0 spiro atoms. The average molecular weight is 211 g/mol. The van der Waals surface area contributed by atoms with Gasteiger partial charge in [-0.15, -0.1) is 0 Å². The maximum atomic E-state index is 10.9. The lowest BCUT2D eigenvalue weighted by atomic mass is 10.2. The van der Waals surface area contributed by atoms with Gasteiger partial charge in [-0.3, -0.25) is 4.68 Å². The van der Waals surface area contributed by atoms with E-state index in [1.165, 1.54) is 6.20 Å². The van der Waals surface area contributed by atoms with E-state index in [4.69, 9.17) is 9.84 Å². The third-order valence-corrected chi connectivity index (χ3v) is 2.49. The van der Waals surface area contributed by atoms with Gasteiger partial charge in [0.25, 0.3) is 0 Å². The van der Waals surface area contributed by atoms with E-state index in [1.54, 1.807) is 11.7 Å². The lowest BCUT2D eigenvalue weighted by molar-refractivity contribution is -0.00605. The predicted molar refractivity (Wildman–Crippen MR) is 51.6 cm³/mol. The molecular weight excluding hydrogens is 198 g/mol. The predicted octanol–water partition coefficient (Wildman–Crippen LogP) is -0.393. The van der Waals surface area contributed by atoms with Gasteiger partial charge in [-0.25, -0.2) is 4.79 Å². The number of aryl methyl sites for hydroxylation is 1. The van der Waals surface area contributed by atoms with E-state index >= 15 is 0 Å². The molecule has 2 rings (SSSR count). The van der Waals surface area contributed by atoms with Crippen molar-refractivity contribution in [3.8, 4) is 0 Å². The lowest BCUT2D eigenvalue weighted by Crippen LogP contribution is -2.45. The molecule has 6 nitrogen and oxygen atoms in total. The maximum absolute atomic E-state index is 10.9. The van der Waals surface area contributed by atoms with Crippen molar-refractivity contribution in [2.24, 2.45) is 7.05 Å². The van der Waals surface area contributed by atoms with Crippen molar-refractivity contribution >= 4 is 5.97 Å². The summed E-state index contributed by atoms with van der Waals surface area (Å²) < 4.78 is 6.59. The first-order chi connectivity index (χ1) is 7.18. The highest BCUT2D eigenvalue weighted by Gasteiger charge is 2.20. The minimum absolute atomic E-state index is 0.255. The molecule has 6 heteroatoms. The average Bonchev–Trinajstić information content (AvgIpc) is 2.45. The molecule has 0 atom stereocenters. The number of nitrogens with one attached hydrogen (secondary N) is 1. The molecule has 0 radical (unpaired) electrons. The molecule has 0 bridgehead atoms. The lowest BCUT2D eigenvalue weighted by Gasteiger charge is -2.27. The second kappa shape index (κ2) is 4.00. The monoisotopic (exact) mass is 211 g/mol. The summed E-state index contributed by atoms with van der Waals surface area (Å²) in [5, 5.41) is 16.0. The Balaban J connectivity index is 2.04. The van der Waals surface area contributed by atoms with Crippen LogP contribution in [0.25, 0.3) is 0 Å². The number of nitrogens with zero attached hydrogens (tertiary/aromatic N) is 2. The van der Waals surface area contributed by atoms with Gasteiger partial charge in [-0.2, -0.15) is 5.10 Å². The molecule has 1 aliphatic heterocycles. The van der Waals surface area contributed by atoms with Crippen molar-refractivity contribution in [2.75, 3.05) is 13.2 Å². The molecule has 0 unspecified atom stereocenters. The molecule has 1 aliphatic rings. The first-order valence-electron chi connectivity index (χ1n) is 4.74. The van der Waals surface area contributed by atoms with Crippen LogP contribution in [0.5, 0.6) is 0 Å². The first kappa shape index (κ1) is 10.1. The van der Waals surface area contributed by atoms with Gasteiger partial charge in [0.05, 0.1) is 31.1 Å². The molecule has 2 heterocycles. The van der Waals surface area contributed by atoms with Gasteiger partial charge < -0.3 is 15.2 Å². The van der Waals surface area contributed by atoms with E-state index in [2.05, 4.69) is 10.4 Å². The van der Waals surface area contributed by atoms with Gasteiger partial charge in [0, 0.05) is 13.6 Å². The number of rotatable bonds is 4. The van der Waals surface area contributed by atoms with Crippen molar-refractivity contribution in [3.63, 3.8) is 0 Å². The fourth-order valence-corrected chi connectivity index (χ4v) is 1.45. The third-order valence-electron chi connectivity index (χ3n) is 2.49. The van der Waals surface area contributed by atoms with Crippen molar-refractivity contribution in [1.29, 1.82) is 0 Å². The van der Waals surface area contributed by atoms with Crippen molar-refractivity contribution in [2.45, 2.75) is 12.6 Å². The molecule has 0 aromatic carbocycles. The van der Waals surface area contributed by atoms with Crippen LogP contribution in [-0.2, 0) is 18.3 Å². The fourth-order valence-electron chi connectivity index (χ4n) is 1.45. The third kappa shape index (κ3) is 2.00. The van der Waals surface area contributed by atoms with Crippen molar-refractivity contribution in [1.82, 2.24) is 15.1 Å². The Morgan fingerprint density at radius 1 is 1.80 bits per heavy atom. The number of aromatic carboxylic acids is 1. The highest BCUT2D eigenvalue weighted by molar-refractivity contribution is 5.88. The fraction of sp³-hybridized carbons (Fsp3) is 0.556. The van der Waals surface area contributed by atoms with Gasteiger partial charge in [-0.1, -0.05) is 0 Å². The molecule has 0 amide bonds. The number of carboxylic acids is 1. The van der Waals surface area contributed by atoms with Crippen molar-refractivity contribution < 1.29 is 14.6 Å². The maximum Gasteiger partial charge on any atom is 0.339 e. The summed E-state index contributed by atoms with van der Waals surface area (Å²) in [7, 11) is 1.74. The Bertz CT molecular complexity index is 371. The zero-order valence-corrected chi connectivity index (χ0v) is 8.43. The van der Waals surface area contributed by atoms with Crippen LogP contribution in [-0.4, -0.2) is 40.1 Å². The summed E-state index contributed by atoms with van der Waals surface area (Å²) in [4.78, 5) is 10.9. The summed E-state index contributed by atoms with van der Waals surface area (Å²) in [6.07, 6.45) is 1.37. The SMILES string of the molecule is Cn1ncc(C(=O)O)c1CNC1COC1. The Kier molecular flexibility index (Phi) is 2.70. The molecule has 15 heavy (non-hydrogen) atoms. The van der Waals surface area contributed by atoms with Gasteiger partial charge in [0.2, 0.25) is 0 Å². The van der Waals surface area contributed by atoms with Crippen LogP contribution < -0.4 is 5.32 Å². The van der Waals surface area contributed by atoms with Crippen molar-refractivity contribution in [3.05, 3.63) is 17.5 Å². The highest BCUT2D eigenvalue weighted by Crippen LogP contribution is 2.08. The molecule has 82 valence electrons. The highest BCUT2D eigenvalue weighted by atomic mass is 16.5. The quantitative estimate of drug-likeness (QED) is 0.709. The molecule has 2 N–H and O–H groups in total. The normalized spacial score (nSPS) is 16.3. The minimum atomic E-state index is -0.940. The standard InChI is InChI=1S/C9H13N3O3/c1-12-8(3-10-6-4-15-5-6)7(2-11-12)9(13)14/h2,6,10H,3-5H2,1H3,(H,13,14). The Hall–Kier alpha value is -1.40. The number of carbonyl (C=O) groups is 1. The summed E-state index contributed by atoms with van der Waals surface area (Å²) in [5.41, 5.74) is 0.944. The Morgan fingerprint density at radius 3 is 3.07 bits per heavy atom. The molecule has 1 fully saturated rings. The molecular formula is C9H13N3O3. The van der Waals surface area contributed by atoms with Gasteiger partial charge in [0.15, 0.2) is 0 Å². The zero-order chi connectivity index (χ0) is 10.8. The zero-order valence-electron chi connectivity index (χ0n) is 8.43. The number of carboxylic acid groups (broad SMARTS) is 1. The van der Waals surface area contributed by atoms with E-state index in [-0.39, 0.29) is 5.56 Å². The smallest absolute Gasteiger partial charge is 0.339 e. The van der Waals surface area contributed by atoms with Gasteiger partial charge in [0.1, 0.15) is 5.56 Å². The van der Waals surface area contributed by atoms with E-state index < -0.39 is 5.97 Å². The second-order valence-corrected chi connectivity index (χ2v) is 3.55. The molecule has 1 aromatic rings. The van der Waals surface area contributed by atoms with Crippen LogP contribution in [0, 0.1) is 0 Å². The Labute approximate surface area is 86.8 Å². The molecule has 1 aromatic heterocycles. The van der Waals surface area contributed by atoms with Crippen LogP contribution in [0.1, 0.15) is 16.1 Å². The number of ether oxygens (including phenoxy) is 1. The van der Waals surface area contributed by atoms with E-state index in [1.807, 2.05) is 0 Å². The summed E-state index contributed by atoms with van der Waals surface area (Å²) in [5.74, 6) is -0.940. The topological polar surface area (TPSA) is 76.4 Å². The Morgan fingerprint density at radius 2 is 2.53 bits per heavy atom. The van der Waals surface area contributed by atoms with Crippen LogP contribution in [0.2, 0.25) is 0 Å². The van der Waals surface area contributed by atoms with E-state index in [9.17, 15) is 4.79 Å². The molecule has 0 aliphatic carbocycles. The van der Waals surface area contributed by atoms with Crippen LogP contribution in [0.3, 0.4) is 0 Å². The van der Waals surface area contributed by atoms with Crippen LogP contribution in [0.4, 0.5) is 0 Å². The van der Waals surface area contributed by atoms with Crippen LogP contribution >= 0.6 is 0 Å². The van der Waals surface area contributed by atoms with Gasteiger partial charge >= 0.3 is 5.97 Å². The van der Waals surface area contributed by atoms with Gasteiger partial charge in [-0.05, 0) is 0 Å². The largest absolute Gasteiger partial charge is 0.478 e. The van der Waals surface area contributed by atoms with E-state index in [0.717, 1.165) is 0 Å². The van der Waals surface area contributed by atoms with Crippen LogP contribution in [0.15, 0.2) is 6.20 Å². The molecule has 0 saturated carbocycles. The summed E-state index contributed by atoms with van der Waals surface area (Å²) >= 11 is 0. The number of hydrogen-bond donors (Lipinski definition) is 2. The van der Waals surface area contributed by atoms with E-state index in [0.29, 0.717) is 31.5 Å². The first-order valence-corrected chi connectivity index (χ1v) is 4.74. The summed E-state index contributed by atoms with van der Waals surface area (Å²) in [6.45, 7) is 1.90.